The van der Waals surface area contributed by atoms with Gasteiger partial charge in [0.1, 0.15) is 30.2 Å². The van der Waals surface area contributed by atoms with Crippen molar-refractivity contribution in [3.05, 3.63) is 108 Å². The molecule has 1 saturated heterocycles. The van der Waals surface area contributed by atoms with Gasteiger partial charge >= 0.3 is 11.9 Å². The van der Waals surface area contributed by atoms with E-state index >= 15 is 0 Å². The standard InChI is InChI=1S/C51H70N10O12/c1-28(25-29(2)40(73-7)27-35-17-12-9-13-18-35)20-21-36-30(3)43(63)59-38(49(69)70)22-23-41(62)55-32(5)45(65)56-33(6)46(66)60-39(26-34-15-10-8-11-16-34)48(68)61-42(50(71)72)31(4)44(64)58-37(47(67)57-36)19-14-24-54-51(52)53/h8-13,15-18,20-21,25,29-31,33,36-40,42H,5,14,19,22-24,26-27H2,1-4,6-7H3,(H,55,62)(H,56,65)(H,57,67)(H,58,64)(H,59,63)(H,60,66)(H,61,68)(H,69,70)(H,71,72)(H4,52,53,54). The van der Waals surface area contributed by atoms with Crippen molar-refractivity contribution in [1.82, 2.24) is 37.2 Å². The van der Waals surface area contributed by atoms with Crippen LogP contribution in [0.2, 0.25) is 0 Å². The summed E-state index contributed by atoms with van der Waals surface area (Å²) in [4.78, 5) is 125. The molecule has 10 atom stereocenters. The highest BCUT2D eigenvalue weighted by molar-refractivity contribution is 6.00. The molecule has 13 N–H and O–H groups in total. The van der Waals surface area contributed by atoms with Gasteiger partial charge in [0, 0.05) is 32.4 Å². The second-order valence-corrected chi connectivity index (χ2v) is 17.9. The SMILES string of the molecule is C=C1NC(=O)CCC(C(=O)O)NC(=O)C(C)C(C=CC(C)=CC(C)C(Cc2ccccc2)OC)NC(=O)C(CCCN=C(N)N)NC(=O)C(C)C(C(=O)O)NC(=O)C(Cc2ccccc2)NC(=O)C(C)NC1=O. The fourth-order valence-electron chi connectivity index (χ4n) is 7.64. The van der Waals surface area contributed by atoms with Crippen molar-refractivity contribution < 1.29 is 58.1 Å². The molecule has 7 amide bonds. The first kappa shape index (κ1) is 59.4. The molecule has 2 aromatic rings. The van der Waals surface area contributed by atoms with E-state index in [1.54, 1.807) is 50.4 Å². The molecule has 396 valence electrons. The number of allylic oxidation sites excluding steroid dienone is 2. The molecule has 0 bridgehead atoms. The highest BCUT2D eigenvalue weighted by Gasteiger charge is 2.37. The number of nitrogens with zero attached hydrogens (tertiary/aromatic N) is 1. The van der Waals surface area contributed by atoms with Crippen LogP contribution in [0.25, 0.3) is 0 Å². The summed E-state index contributed by atoms with van der Waals surface area (Å²) in [6, 6.07) is 9.15. The van der Waals surface area contributed by atoms with Crippen LogP contribution in [0, 0.1) is 17.8 Å². The zero-order valence-corrected chi connectivity index (χ0v) is 42.0. The van der Waals surface area contributed by atoms with Crippen LogP contribution in [0.1, 0.15) is 71.4 Å². The Morgan fingerprint density at radius 3 is 1.96 bits per heavy atom. The molecule has 22 nitrogen and oxygen atoms in total. The molecular weight excluding hydrogens is 945 g/mol. The lowest BCUT2D eigenvalue weighted by Gasteiger charge is -2.28. The maximum absolute atomic E-state index is 14.4. The number of carboxylic acid groups (broad SMARTS) is 2. The van der Waals surface area contributed by atoms with Crippen LogP contribution in [0.5, 0.6) is 0 Å². The fraction of sp³-hybridized carbons (Fsp3) is 0.451. The van der Waals surface area contributed by atoms with Gasteiger partial charge in [-0.2, -0.15) is 0 Å². The van der Waals surface area contributed by atoms with Crippen LogP contribution in [0.4, 0.5) is 0 Å². The quantitative estimate of drug-likeness (QED) is 0.0380. The van der Waals surface area contributed by atoms with Crippen LogP contribution in [0.3, 0.4) is 0 Å². The Balaban J connectivity index is 2.11. The Kier molecular flexibility index (Phi) is 24.0. The molecule has 10 unspecified atom stereocenters. The van der Waals surface area contributed by atoms with E-state index in [-0.39, 0.29) is 43.8 Å². The number of amides is 7. The van der Waals surface area contributed by atoms with Gasteiger partial charge in [-0.15, -0.1) is 0 Å². The lowest BCUT2D eigenvalue weighted by molar-refractivity contribution is -0.146. The molecule has 1 heterocycles. The van der Waals surface area contributed by atoms with Gasteiger partial charge in [-0.3, -0.25) is 38.6 Å². The number of methoxy groups -OCH3 is 1. The first-order chi connectivity index (χ1) is 34.5. The number of carbonyl (C=O) groups excluding carboxylic acids is 7. The molecule has 0 spiro atoms. The van der Waals surface area contributed by atoms with Gasteiger partial charge in [0.2, 0.25) is 35.4 Å². The number of rotatable bonds is 15. The summed E-state index contributed by atoms with van der Waals surface area (Å²) < 4.78 is 5.81. The molecule has 2 aromatic carbocycles. The average Bonchev–Trinajstić information content (AvgIpc) is 3.34. The van der Waals surface area contributed by atoms with Crippen molar-refractivity contribution in [3.8, 4) is 0 Å². The summed E-state index contributed by atoms with van der Waals surface area (Å²) in [5.41, 5.74) is 12.8. The topological polar surface area (TPSA) is 352 Å². The zero-order valence-electron chi connectivity index (χ0n) is 42.0. The highest BCUT2D eigenvalue weighted by atomic mass is 16.5. The van der Waals surface area contributed by atoms with Gasteiger partial charge in [-0.1, -0.05) is 112 Å². The van der Waals surface area contributed by atoms with Gasteiger partial charge in [-0.05, 0) is 50.7 Å². The summed E-state index contributed by atoms with van der Waals surface area (Å²) in [7, 11) is 1.61. The van der Waals surface area contributed by atoms with Crippen molar-refractivity contribution in [2.75, 3.05) is 13.7 Å². The maximum Gasteiger partial charge on any atom is 0.327 e. The van der Waals surface area contributed by atoms with Crippen molar-refractivity contribution in [2.24, 2.45) is 34.2 Å². The summed E-state index contributed by atoms with van der Waals surface area (Å²) in [5.74, 6) is -12.7. The second kappa shape index (κ2) is 29.5. The van der Waals surface area contributed by atoms with Crippen LogP contribution in [-0.2, 0) is 60.7 Å². The smallest absolute Gasteiger partial charge is 0.327 e. The number of carbonyl (C=O) groups is 9. The van der Waals surface area contributed by atoms with E-state index in [2.05, 4.69) is 48.8 Å². The predicted octanol–water partition coefficient (Wildman–Crippen LogP) is 0.473. The molecule has 0 aromatic heterocycles. The number of nitrogens with one attached hydrogen (secondary N) is 7. The Morgan fingerprint density at radius 1 is 0.781 bits per heavy atom. The van der Waals surface area contributed by atoms with Crippen molar-refractivity contribution in [1.29, 1.82) is 0 Å². The van der Waals surface area contributed by atoms with Gasteiger partial charge in [0.05, 0.1) is 29.7 Å². The minimum Gasteiger partial charge on any atom is -0.480 e. The number of hydrogen-bond donors (Lipinski definition) is 11. The molecule has 3 rings (SSSR count). The molecule has 1 aliphatic rings. The third-order valence-electron chi connectivity index (χ3n) is 12.1. The number of carboxylic acids is 2. The van der Waals surface area contributed by atoms with Crippen molar-refractivity contribution >= 4 is 59.2 Å². The lowest BCUT2D eigenvalue weighted by Crippen LogP contribution is -2.59. The van der Waals surface area contributed by atoms with E-state index in [9.17, 15) is 53.4 Å². The van der Waals surface area contributed by atoms with Crippen molar-refractivity contribution in [2.45, 2.75) is 115 Å². The minimum atomic E-state index is -1.92. The summed E-state index contributed by atoms with van der Waals surface area (Å²) >= 11 is 0. The normalized spacial score (nSPS) is 24.7. The second-order valence-electron chi connectivity index (χ2n) is 17.9. The molecule has 1 fully saturated rings. The van der Waals surface area contributed by atoms with Crippen molar-refractivity contribution in [3.63, 3.8) is 0 Å². The number of hydrogen-bond acceptors (Lipinski definition) is 11. The molecule has 0 aliphatic carbocycles. The minimum absolute atomic E-state index is 0.0158. The molecule has 22 heteroatoms. The third-order valence-corrected chi connectivity index (χ3v) is 12.1. The maximum atomic E-state index is 14.4. The van der Waals surface area contributed by atoms with Gasteiger partial charge in [0.15, 0.2) is 5.96 Å². The summed E-state index contributed by atoms with van der Waals surface area (Å²) in [6.07, 6.45) is 4.37. The summed E-state index contributed by atoms with van der Waals surface area (Å²) in [5, 5.41) is 37.7. The van der Waals surface area contributed by atoms with E-state index in [1.807, 2.05) is 43.3 Å². The fourth-order valence-corrected chi connectivity index (χ4v) is 7.64. The predicted molar refractivity (Wildman–Crippen MR) is 270 cm³/mol. The van der Waals surface area contributed by atoms with Crippen LogP contribution < -0.4 is 48.7 Å². The number of aliphatic carboxylic acids is 2. The van der Waals surface area contributed by atoms with Gasteiger partial charge < -0.3 is 63.6 Å². The number of nitrogens with two attached hydrogens (primary N) is 2. The van der Waals surface area contributed by atoms with E-state index < -0.39 is 120 Å². The average molecular weight is 1020 g/mol. The van der Waals surface area contributed by atoms with E-state index in [4.69, 9.17) is 16.2 Å². The number of guanidine groups is 1. The highest BCUT2D eigenvalue weighted by Crippen LogP contribution is 2.19. The first-order valence-corrected chi connectivity index (χ1v) is 23.8. The largest absolute Gasteiger partial charge is 0.480 e. The first-order valence-electron chi connectivity index (χ1n) is 23.8. The Labute approximate surface area is 424 Å². The number of benzene rings is 2. The van der Waals surface area contributed by atoms with E-state index in [1.165, 1.54) is 26.8 Å². The summed E-state index contributed by atoms with van der Waals surface area (Å²) in [6.45, 7) is 11.2. The van der Waals surface area contributed by atoms with Gasteiger partial charge in [-0.25, -0.2) is 9.59 Å². The third kappa shape index (κ3) is 20.0. The molecule has 1 aliphatic heterocycles. The van der Waals surface area contributed by atoms with Crippen LogP contribution in [0.15, 0.2) is 102 Å². The van der Waals surface area contributed by atoms with E-state index in [0.717, 1.165) is 5.56 Å². The van der Waals surface area contributed by atoms with Gasteiger partial charge in [0.25, 0.3) is 5.91 Å². The van der Waals surface area contributed by atoms with Crippen LogP contribution in [-0.4, -0.2) is 125 Å². The molecule has 0 radical (unpaired) electrons. The molecular formula is C51H70N10O12. The van der Waals surface area contributed by atoms with E-state index in [0.29, 0.717) is 17.6 Å². The molecule has 73 heavy (non-hydrogen) atoms. The van der Waals surface area contributed by atoms with Crippen LogP contribution >= 0.6 is 0 Å². The lowest BCUT2D eigenvalue weighted by atomic mass is 9.94. The number of aliphatic imine (C=N–C) groups is 1. The monoisotopic (exact) mass is 1010 g/mol. The molecule has 0 saturated carbocycles. The number of ether oxygens (including phenoxy) is 1. The Bertz CT molecular complexity index is 2370. The zero-order chi connectivity index (χ0) is 54.4. The Morgan fingerprint density at radius 2 is 1.37 bits per heavy atom. The Hall–Kier alpha value is -7.88.